The first kappa shape index (κ1) is 25.1. The van der Waals surface area contributed by atoms with E-state index in [2.05, 4.69) is 13.2 Å². The molecule has 1 saturated heterocycles. The summed E-state index contributed by atoms with van der Waals surface area (Å²) in [5.41, 5.74) is 0.948. The van der Waals surface area contributed by atoms with Gasteiger partial charge in [-0.3, -0.25) is 0 Å². The largest absolute Gasteiger partial charge is 0.497 e. The Labute approximate surface area is 186 Å². The molecule has 31 heavy (non-hydrogen) atoms. The number of carbonyl (C=O) groups is 1. The zero-order chi connectivity index (χ0) is 22.9. The third-order valence-electron chi connectivity index (χ3n) is 5.11. The molecule has 6 heteroatoms. The molecule has 0 aromatic heterocycles. The summed E-state index contributed by atoms with van der Waals surface area (Å²) in [4.78, 5) is 13.0. The lowest BCUT2D eigenvalue weighted by atomic mass is 10.0. The van der Waals surface area contributed by atoms with Gasteiger partial charge in [-0.15, -0.1) is 13.2 Å². The summed E-state index contributed by atoms with van der Waals surface area (Å²) in [6.45, 7) is 13.6. The van der Waals surface area contributed by atoms with Gasteiger partial charge in [0.25, 0.3) is 0 Å². The van der Waals surface area contributed by atoms with E-state index in [-0.39, 0.29) is 6.10 Å². The van der Waals surface area contributed by atoms with Crippen LogP contribution in [0, 0.1) is 0 Å². The van der Waals surface area contributed by atoms with Gasteiger partial charge in [-0.2, -0.15) is 0 Å². The van der Waals surface area contributed by atoms with Crippen molar-refractivity contribution in [1.82, 2.24) is 0 Å². The molecule has 172 valence electrons. The van der Waals surface area contributed by atoms with Crippen LogP contribution in [0.5, 0.6) is 5.75 Å². The molecule has 0 N–H and O–H groups in total. The maximum Gasteiger partial charge on any atom is 0.335 e. The number of ether oxygens (including phenoxy) is 5. The van der Waals surface area contributed by atoms with Crippen molar-refractivity contribution in [3.05, 3.63) is 55.1 Å². The molecule has 0 bridgehead atoms. The zero-order valence-corrected chi connectivity index (χ0v) is 19.2. The van der Waals surface area contributed by atoms with Gasteiger partial charge in [0, 0.05) is 0 Å². The lowest BCUT2D eigenvalue weighted by Crippen LogP contribution is -2.40. The van der Waals surface area contributed by atoms with Crippen LogP contribution in [-0.2, 0) is 30.3 Å². The highest BCUT2D eigenvalue weighted by Crippen LogP contribution is 2.33. The van der Waals surface area contributed by atoms with E-state index in [0.29, 0.717) is 25.9 Å². The summed E-state index contributed by atoms with van der Waals surface area (Å²) in [5, 5.41) is 0. The number of benzene rings is 1. The Morgan fingerprint density at radius 1 is 1.19 bits per heavy atom. The highest BCUT2D eigenvalue weighted by molar-refractivity contribution is 5.75. The zero-order valence-electron chi connectivity index (χ0n) is 19.2. The molecule has 6 nitrogen and oxygen atoms in total. The number of allylic oxidation sites excluding steroid dienone is 1. The standard InChI is InChI=1S/C25H36O6/c1-7-10-12-22(28-17-18-13-15-19(27-6)16-14-18)24(26)29-21(11-8-2)23-20(9-3)30-25(4,5)31-23/h7,9,13-16,20-23H,1,3,8,10-12,17H2,2,4-6H3/t20-,21-,22+,23+/m1/s1. The number of methoxy groups -OCH3 is 1. The molecule has 0 unspecified atom stereocenters. The molecule has 0 saturated carbocycles. The maximum absolute atomic E-state index is 13.0. The fourth-order valence-corrected chi connectivity index (χ4v) is 3.54. The molecule has 1 aromatic rings. The third-order valence-corrected chi connectivity index (χ3v) is 5.11. The minimum absolute atomic E-state index is 0.296. The van der Waals surface area contributed by atoms with Crippen LogP contribution in [0.3, 0.4) is 0 Å². The van der Waals surface area contributed by atoms with E-state index in [1.54, 1.807) is 19.3 Å². The quantitative estimate of drug-likeness (QED) is 0.324. The first-order valence-electron chi connectivity index (χ1n) is 10.9. The molecule has 1 aliphatic rings. The molecule has 1 fully saturated rings. The summed E-state index contributed by atoms with van der Waals surface area (Å²) >= 11 is 0. The molecule has 4 atom stereocenters. The summed E-state index contributed by atoms with van der Waals surface area (Å²) in [7, 11) is 1.62. The molecule has 0 radical (unpaired) electrons. The van der Waals surface area contributed by atoms with E-state index < -0.39 is 30.1 Å². The van der Waals surface area contributed by atoms with E-state index in [9.17, 15) is 4.79 Å². The van der Waals surface area contributed by atoms with Crippen molar-refractivity contribution in [3.63, 3.8) is 0 Å². The minimum Gasteiger partial charge on any atom is -0.497 e. The third kappa shape index (κ3) is 7.49. The van der Waals surface area contributed by atoms with Crippen molar-refractivity contribution in [2.45, 2.75) is 83.3 Å². The van der Waals surface area contributed by atoms with E-state index in [1.807, 2.05) is 45.0 Å². The molecular weight excluding hydrogens is 396 g/mol. The lowest BCUT2D eigenvalue weighted by molar-refractivity contribution is -0.181. The van der Waals surface area contributed by atoms with Gasteiger partial charge in [-0.05, 0) is 50.8 Å². The summed E-state index contributed by atoms with van der Waals surface area (Å²) < 4.78 is 29.0. The van der Waals surface area contributed by atoms with Crippen molar-refractivity contribution >= 4 is 5.97 Å². The fraction of sp³-hybridized carbons (Fsp3) is 0.560. The van der Waals surface area contributed by atoms with Crippen molar-refractivity contribution < 1.29 is 28.5 Å². The Kier molecular flexibility index (Phi) is 9.75. The van der Waals surface area contributed by atoms with Gasteiger partial charge in [-0.25, -0.2) is 4.79 Å². The van der Waals surface area contributed by atoms with Crippen LogP contribution in [0.25, 0.3) is 0 Å². The molecule has 1 aromatic carbocycles. The Morgan fingerprint density at radius 3 is 2.48 bits per heavy atom. The molecule has 1 aliphatic heterocycles. The van der Waals surface area contributed by atoms with Crippen molar-refractivity contribution in [2.24, 2.45) is 0 Å². The second kappa shape index (κ2) is 12.0. The Morgan fingerprint density at radius 2 is 1.90 bits per heavy atom. The molecule has 2 rings (SSSR count). The average Bonchev–Trinajstić information content (AvgIpc) is 3.08. The van der Waals surface area contributed by atoms with Crippen LogP contribution < -0.4 is 4.74 Å². The maximum atomic E-state index is 13.0. The normalized spacial score (nSPS) is 21.8. The topological polar surface area (TPSA) is 63.2 Å². The Balaban J connectivity index is 2.06. The SMILES string of the molecule is C=CCC[C@H](OCc1ccc(OC)cc1)C(=O)O[C@H](CCC)[C@H]1OC(C)(C)O[C@@H]1C=C. The van der Waals surface area contributed by atoms with Crippen molar-refractivity contribution in [1.29, 1.82) is 0 Å². The van der Waals surface area contributed by atoms with E-state index in [0.717, 1.165) is 17.7 Å². The second-order valence-electron chi connectivity index (χ2n) is 8.08. The number of hydrogen-bond donors (Lipinski definition) is 0. The Bertz CT molecular complexity index is 711. The van der Waals surface area contributed by atoms with Crippen LogP contribution >= 0.6 is 0 Å². The van der Waals surface area contributed by atoms with Gasteiger partial charge in [0.15, 0.2) is 11.9 Å². The highest BCUT2D eigenvalue weighted by atomic mass is 16.8. The number of hydrogen-bond acceptors (Lipinski definition) is 6. The van der Waals surface area contributed by atoms with Gasteiger partial charge in [0.1, 0.15) is 24.1 Å². The lowest BCUT2D eigenvalue weighted by Gasteiger charge is -2.27. The molecule has 1 heterocycles. The van der Waals surface area contributed by atoms with E-state index in [1.165, 1.54) is 0 Å². The van der Waals surface area contributed by atoms with E-state index >= 15 is 0 Å². The molecule has 0 spiro atoms. The average molecular weight is 433 g/mol. The molecular formula is C25H36O6. The second-order valence-corrected chi connectivity index (χ2v) is 8.08. The Hall–Kier alpha value is -2.15. The number of rotatable bonds is 13. The predicted octanol–water partition coefficient (Wildman–Crippen LogP) is 4.96. The molecule has 0 aliphatic carbocycles. The van der Waals surface area contributed by atoms with Crippen LogP contribution in [0.2, 0.25) is 0 Å². The summed E-state index contributed by atoms with van der Waals surface area (Å²) in [6.07, 6.45) is 4.22. The fourth-order valence-electron chi connectivity index (χ4n) is 3.54. The predicted molar refractivity (Wildman–Crippen MR) is 120 cm³/mol. The van der Waals surface area contributed by atoms with Gasteiger partial charge < -0.3 is 23.7 Å². The first-order valence-corrected chi connectivity index (χ1v) is 10.9. The highest BCUT2D eigenvalue weighted by Gasteiger charge is 2.45. The van der Waals surface area contributed by atoms with Gasteiger partial charge in [0.05, 0.1) is 13.7 Å². The van der Waals surface area contributed by atoms with Gasteiger partial charge >= 0.3 is 5.97 Å². The van der Waals surface area contributed by atoms with Crippen molar-refractivity contribution in [3.8, 4) is 5.75 Å². The van der Waals surface area contributed by atoms with Crippen LogP contribution in [-0.4, -0.2) is 43.3 Å². The van der Waals surface area contributed by atoms with Crippen molar-refractivity contribution in [2.75, 3.05) is 7.11 Å². The van der Waals surface area contributed by atoms with E-state index in [4.69, 9.17) is 23.7 Å². The summed E-state index contributed by atoms with van der Waals surface area (Å²) in [5.74, 6) is -0.383. The smallest absolute Gasteiger partial charge is 0.335 e. The monoisotopic (exact) mass is 432 g/mol. The van der Waals surface area contributed by atoms with Gasteiger partial charge in [-0.1, -0.05) is 37.6 Å². The van der Waals surface area contributed by atoms with Gasteiger partial charge in [0.2, 0.25) is 0 Å². The number of carbonyl (C=O) groups excluding carboxylic acids is 1. The van der Waals surface area contributed by atoms with Crippen LogP contribution in [0.15, 0.2) is 49.6 Å². The molecule has 0 amide bonds. The summed E-state index contributed by atoms with van der Waals surface area (Å²) in [6, 6.07) is 7.55. The van der Waals surface area contributed by atoms with Crippen LogP contribution in [0.4, 0.5) is 0 Å². The first-order chi connectivity index (χ1) is 14.8. The number of esters is 1. The minimum atomic E-state index is -0.755. The van der Waals surface area contributed by atoms with Crippen LogP contribution in [0.1, 0.15) is 52.0 Å².